The number of carbonyl (C=O) groups is 2. The van der Waals surface area contributed by atoms with Crippen LogP contribution in [0.5, 0.6) is 5.75 Å². The Morgan fingerprint density at radius 3 is 2.65 bits per heavy atom. The molecule has 1 amide bonds. The van der Waals surface area contributed by atoms with Gasteiger partial charge < -0.3 is 25.2 Å². The second kappa shape index (κ2) is 9.94. The summed E-state index contributed by atoms with van der Waals surface area (Å²) >= 11 is 0. The number of alkyl carbamates (subject to hydrolysis) is 1. The first kappa shape index (κ1) is 24.7. The van der Waals surface area contributed by atoms with E-state index in [0.29, 0.717) is 17.1 Å². The highest BCUT2D eigenvalue weighted by molar-refractivity contribution is 5.94. The molecule has 0 radical (unpaired) electrons. The quantitative estimate of drug-likeness (QED) is 0.448. The number of aromatic carboxylic acids is 1. The van der Waals surface area contributed by atoms with Crippen molar-refractivity contribution in [2.45, 2.75) is 52.4 Å². The van der Waals surface area contributed by atoms with E-state index < -0.39 is 35.6 Å². The van der Waals surface area contributed by atoms with Crippen molar-refractivity contribution in [1.82, 2.24) is 19.9 Å². The van der Waals surface area contributed by atoms with E-state index in [1.807, 2.05) is 0 Å². The average Bonchev–Trinajstić information content (AvgIpc) is 3.16. The van der Waals surface area contributed by atoms with Crippen LogP contribution in [0.3, 0.4) is 0 Å². The maximum atomic E-state index is 14.1. The third-order valence-electron chi connectivity index (χ3n) is 4.66. The lowest BCUT2D eigenvalue weighted by molar-refractivity contribution is 0.0504. The van der Waals surface area contributed by atoms with E-state index in [9.17, 15) is 19.1 Å². The smallest absolute Gasteiger partial charge is 0.407 e. The molecule has 182 valence electrons. The number of rotatable bonds is 8. The number of anilines is 1. The molecule has 2 unspecified atom stereocenters. The number of nitrogens with one attached hydrogen (secondary N) is 2. The van der Waals surface area contributed by atoms with Gasteiger partial charge in [0.25, 0.3) is 0 Å². The molecule has 0 aliphatic carbocycles. The highest BCUT2D eigenvalue weighted by Gasteiger charge is 2.19. The molecule has 2 atom stereocenters. The molecule has 0 spiro atoms. The molecule has 0 aliphatic heterocycles. The Morgan fingerprint density at radius 2 is 1.97 bits per heavy atom. The lowest BCUT2D eigenvalue weighted by atomic mass is 10.1. The van der Waals surface area contributed by atoms with Gasteiger partial charge in [0.1, 0.15) is 34.7 Å². The van der Waals surface area contributed by atoms with Crippen LogP contribution in [0.4, 0.5) is 15.0 Å². The maximum absolute atomic E-state index is 14.1. The fourth-order valence-corrected chi connectivity index (χ4v) is 3.16. The Kier molecular flexibility index (Phi) is 7.23. The number of carboxylic acid groups (broad SMARTS) is 1. The van der Waals surface area contributed by atoms with Gasteiger partial charge in [0.05, 0.1) is 18.8 Å². The summed E-state index contributed by atoms with van der Waals surface area (Å²) in [6, 6.07) is 5.34. The lowest BCUT2D eigenvalue weighted by Gasteiger charge is -2.23. The summed E-state index contributed by atoms with van der Waals surface area (Å²) in [5, 5.41) is 19.1. The normalized spacial score (nSPS) is 13.2. The monoisotopic (exact) mass is 473 g/mol. The van der Waals surface area contributed by atoms with Crippen molar-refractivity contribution in [3.05, 3.63) is 53.6 Å². The fourth-order valence-electron chi connectivity index (χ4n) is 3.16. The molecule has 11 heteroatoms. The van der Waals surface area contributed by atoms with Crippen LogP contribution in [0, 0.1) is 5.82 Å². The first-order chi connectivity index (χ1) is 15.9. The Labute approximate surface area is 196 Å². The number of nitrogens with zero attached hydrogens (tertiary/aromatic N) is 3. The number of benzene rings is 1. The SMILES string of the molecule is CC(CNC(=O)OC(C)(C)C)Oc1ccc(F)cc1C(C)Nc1ccn2ncc(C(=O)O)c2n1. The van der Waals surface area contributed by atoms with Crippen molar-refractivity contribution < 1.29 is 28.6 Å². The van der Waals surface area contributed by atoms with Gasteiger partial charge in [0, 0.05) is 11.8 Å². The largest absolute Gasteiger partial charge is 0.489 e. The molecule has 0 bridgehead atoms. The van der Waals surface area contributed by atoms with Gasteiger partial charge in [-0.2, -0.15) is 5.10 Å². The lowest BCUT2D eigenvalue weighted by Crippen LogP contribution is -2.37. The zero-order valence-corrected chi connectivity index (χ0v) is 19.6. The van der Waals surface area contributed by atoms with E-state index in [4.69, 9.17) is 9.47 Å². The Hall–Kier alpha value is -3.89. The van der Waals surface area contributed by atoms with Crippen molar-refractivity contribution in [2.24, 2.45) is 0 Å². The second-order valence-corrected chi connectivity index (χ2v) is 8.80. The van der Waals surface area contributed by atoms with Crippen molar-refractivity contribution in [3.63, 3.8) is 0 Å². The standard InChI is InChI=1S/C23H28FN5O5/c1-13(11-25-22(32)34-23(3,4)5)33-18-7-6-15(24)10-16(18)14(2)27-19-8-9-29-20(28-19)17(12-26-29)21(30)31/h6-10,12-14H,11H2,1-5H3,(H,25,32)(H,27,28)(H,30,31). The number of ether oxygens (including phenoxy) is 2. The van der Waals surface area contributed by atoms with Gasteiger partial charge in [0.15, 0.2) is 5.65 Å². The molecule has 1 aromatic carbocycles. The van der Waals surface area contributed by atoms with Crippen LogP contribution >= 0.6 is 0 Å². The molecule has 3 N–H and O–H groups in total. The van der Waals surface area contributed by atoms with Gasteiger partial charge in [-0.15, -0.1) is 0 Å². The van der Waals surface area contributed by atoms with E-state index in [1.54, 1.807) is 46.9 Å². The van der Waals surface area contributed by atoms with Crippen LogP contribution < -0.4 is 15.4 Å². The molecule has 34 heavy (non-hydrogen) atoms. The van der Waals surface area contributed by atoms with Gasteiger partial charge in [-0.3, -0.25) is 0 Å². The maximum Gasteiger partial charge on any atom is 0.407 e. The third kappa shape index (κ3) is 6.33. The van der Waals surface area contributed by atoms with Gasteiger partial charge in [-0.05, 0) is 58.9 Å². The van der Waals surface area contributed by atoms with Crippen molar-refractivity contribution in [1.29, 1.82) is 0 Å². The van der Waals surface area contributed by atoms with Crippen LogP contribution in [-0.4, -0.2) is 50.0 Å². The van der Waals surface area contributed by atoms with Crippen LogP contribution in [-0.2, 0) is 4.74 Å². The minimum atomic E-state index is -1.14. The number of fused-ring (bicyclic) bond motifs is 1. The van der Waals surface area contributed by atoms with Gasteiger partial charge >= 0.3 is 12.1 Å². The average molecular weight is 474 g/mol. The van der Waals surface area contributed by atoms with E-state index in [-0.39, 0.29) is 17.8 Å². The van der Waals surface area contributed by atoms with Crippen molar-refractivity contribution in [2.75, 3.05) is 11.9 Å². The first-order valence-corrected chi connectivity index (χ1v) is 10.7. The summed E-state index contributed by atoms with van der Waals surface area (Å²) in [6.07, 6.45) is 1.82. The highest BCUT2D eigenvalue weighted by Crippen LogP contribution is 2.29. The van der Waals surface area contributed by atoms with E-state index >= 15 is 0 Å². The zero-order valence-electron chi connectivity index (χ0n) is 19.6. The molecule has 0 saturated carbocycles. The van der Waals surface area contributed by atoms with Crippen LogP contribution in [0.2, 0.25) is 0 Å². The molecule has 0 aliphatic rings. The molecule has 0 fully saturated rings. The summed E-state index contributed by atoms with van der Waals surface area (Å²) in [4.78, 5) is 27.6. The predicted octanol–water partition coefficient (Wildman–Crippen LogP) is 4.03. The van der Waals surface area contributed by atoms with Crippen LogP contribution in [0.1, 0.15) is 56.6 Å². The number of hydrogen-bond donors (Lipinski definition) is 3. The molecule has 2 heterocycles. The summed E-state index contributed by atoms with van der Waals surface area (Å²) in [6.45, 7) is 9.07. The predicted molar refractivity (Wildman–Crippen MR) is 123 cm³/mol. The summed E-state index contributed by atoms with van der Waals surface area (Å²) in [5.74, 6) is -0.764. The number of amides is 1. The first-order valence-electron chi connectivity index (χ1n) is 10.7. The molecule has 3 rings (SSSR count). The minimum absolute atomic E-state index is 0.0302. The molecular formula is C23H28FN5O5. The van der Waals surface area contributed by atoms with Crippen molar-refractivity contribution in [3.8, 4) is 5.75 Å². The molecule has 0 saturated heterocycles. The number of carbonyl (C=O) groups excluding carboxylic acids is 1. The van der Waals surface area contributed by atoms with Gasteiger partial charge in [-0.1, -0.05) is 0 Å². The Bertz CT molecular complexity index is 1190. The number of halogens is 1. The van der Waals surface area contributed by atoms with Crippen LogP contribution in [0.15, 0.2) is 36.7 Å². The summed E-state index contributed by atoms with van der Waals surface area (Å²) in [7, 11) is 0. The number of carboxylic acids is 1. The molecule has 10 nitrogen and oxygen atoms in total. The number of hydrogen-bond acceptors (Lipinski definition) is 7. The topological polar surface area (TPSA) is 127 Å². The summed E-state index contributed by atoms with van der Waals surface area (Å²) < 4.78 is 26.6. The Morgan fingerprint density at radius 1 is 1.24 bits per heavy atom. The zero-order chi connectivity index (χ0) is 25.0. The molecule has 2 aromatic heterocycles. The van der Waals surface area contributed by atoms with E-state index in [0.717, 1.165) is 0 Å². The summed E-state index contributed by atoms with van der Waals surface area (Å²) in [5.41, 5.74) is 0.0657. The second-order valence-electron chi connectivity index (χ2n) is 8.80. The molecule has 3 aromatic rings. The molecular weight excluding hydrogens is 445 g/mol. The number of aromatic nitrogens is 3. The van der Waals surface area contributed by atoms with Gasteiger partial charge in [-0.25, -0.2) is 23.5 Å². The van der Waals surface area contributed by atoms with E-state index in [1.165, 1.54) is 28.9 Å². The minimum Gasteiger partial charge on any atom is -0.489 e. The van der Waals surface area contributed by atoms with Crippen LogP contribution in [0.25, 0.3) is 5.65 Å². The fraction of sp³-hybridized carbons (Fsp3) is 0.391. The third-order valence-corrected chi connectivity index (χ3v) is 4.66. The Balaban J connectivity index is 1.72. The van der Waals surface area contributed by atoms with Crippen molar-refractivity contribution >= 4 is 23.5 Å². The van der Waals surface area contributed by atoms with Gasteiger partial charge in [0.2, 0.25) is 0 Å². The van der Waals surface area contributed by atoms with E-state index in [2.05, 4.69) is 20.7 Å². The highest BCUT2D eigenvalue weighted by atomic mass is 19.1.